The van der Waals surface area contributed by atoms with Crippen molar-refractivity contribution in [3.8, 4) is 34.4 Å². The van der Waals surface area contributed by atoms with Crippen LogP contribution in [0, 0.1) is 17.8 Å². The molecule has 19 heteroatoms. The summed E-state index contributed by atoms with van der Waals surface area (Å²) in [4.78, 5) is 63.8. The number of pyridine rings is 1. The molecule has 3 fully saturated rings. The van der Waals surface area contributed by atoms with Crippen LogP contribution < -0.4 is 34.3 Å². The van der Waals surface area contributed by atoms with E-state index in [-0.39, 0.29) is 31.2 Å². The van der Waals surface area contributed by atoms with Crippen molar-refractivity contribution in [3.63, 3.8) is 0 Å². The van der Waals surface area contributed by atoms with Gasteiger partial charge in [0.2, 0.25) is 27.7 Å². The number of methoxy groups -OCH3 is 1. The van der Waals surface area contributed by atoms with Gasteiger partial charge in [-0.1, -0.05) is 26.0 Å². The topological polar surface area (TPSA) is 201 Å². The van der Waals surface area contributed by atoms with Crippen LogP contribution in [0.5, 0.6) is 23.1 Å². The molecule has 4 heterocycles. The average molecular weight is 952 g/mol. The summed E-state index contributed by atoms with van der Waals surface area (Å²) < 4.78 is 86.0. The number of carbonyl (C=O) groups excluding carboxylic acids is 4. The highest BCUT2D eigenvalue weighted by molar-refractivity contribution is 7.91. The summed E-state index contributed by atoms with van der Waals surface area (Å²) in [7, 11) is -2.54. The van der Waals surface area contributed by atoms with E-state index in [9.17, 15) is 31.6 Å². The molecule has 2 aliphatic carbocycles. The van der Waals surface area contributed by atoms with Crippen LogP contribution in [0.1, 0.15) is 86.5 Å². The van der Waals surface area contributed by atoms with Gasteiger partial charge in [0.15, 0.2) is 17.1 Å². The standard InChI is InChI=1S/C48H59F2N5O11S/c1-27-10-8-9-11-31-25-48(31,43(58)54-67(60,61)46(5)16-17-46)53-40(56)36-24-33(26-55(36)42(57)39(28(2)20-27)52-44(59)66-45(3,4)47(6,49)50)65-41-34-14-13-32(62-7)21-30(34)22-35(51-41)29-12-15-37-38(23-29)64-19-18-63-37/h9,11-15,21-23,27-28,31,33,36,39H,8,10,16-20,24-26H2,1-7H3,(H,52,59)(H,53,56)(H,54,58)/b11-9-/t27-,28+,31+,33+,36-,39-,48+/m0/s1. The third-order valence-electron chi connectivity index (χ3n) is 14.0. The maximum Gasteiger partial charge on any atom is 0.408 e. The number of carbonyl (C=O) groups is 4. The molecule has 1 saturated heterocycles. The number of hydrogen-bond donors (Lipinski definition) is 3. The smallest absolute Gasteiger partial charge is 0.408 e. The van der Waals surface area contributed by atoms with E-state index in [2.05, 4.69) is 15.4 Å². The molecule has 2 aromatic carbocycles. The number of alkyl halides is 2. The number of nitrogens with one attached hydrogen (secondary N) is 3. The van der Waals surface area contributed by atoms with Crippen LogP contribution in [0.4, 0.5) is 13.6 Å². The van der Waals surface area contributed by atoms with Crippen molar-refractivity contribution in [1.82, 2.24) is 25.2 Å². The van der Waals surface area contributed by atoms with Crippen LogP contribution in [0.25, 0.3) is 22.0 Å². The van der Waals surface area contributed by atoms with Crippen molar-refractivity contribution in [1.29, 1.82) is 0 Å². The molecule has 0 bridgehead atoms. The van der Waals surface area contributed by atoms with Crippen molar-refractivity contribution in [2.45, 2.75) is 126 Å². The van der Waals surface area contributed by atoms with Crippen LogP contribution >= 0.6 is 0 Å². The first-order valence-corrected chi connectivity index (χ1v) is 24.3. The SMILES string of the molecule is COc1ccc2c(O[C@@H]3C[C@H]4C(=O)N[C@]5(C(=O)NS(=O)(=O)C6(C)CC6)C[C@H]5/C=C\CC[C@H](C)C[C@@H](C)[C@H](NC(=O)OC(C)(C)C(C)(F)F)C(=O)N4C3)nc(-c3ccc4c(c3)OCCO4)cc2c1. The minimum atomic E-state index is -4.09. The lowest BCUT2D eigenvalue weighted by atomic mass is 9.88. The van der Waals surface area contributed by atoms with Gasteiger partial charge < -0.3 is 39.2 Å². The Bertz CT molecular complexity index is 2600. The Kier molecular flexibility index (Phi) is 12.6. The molecule has 0 unspecified atom stereocenters. The summed E-state index contributed by atoms with van der Waals surface area (Å²) in [6.45, 7) is 8.65. The normalized spacial score (nSPS) is 27.8. The molecule has 4 amide bonds. The van der Waals surface area contributed by atoms with Crippen molar-refractivity contribution in [3.05, 3.63) is 54.6 Å². The lowest BCUT2D eigenvalue weighted by Crippen LogP contribution is -2.59. The van der Waals surface area contributed by atoms with Crippen LogP contribution in [0.3, 0.4) is 0 Å². The zero-order valence-electron chi connectivity index (χ0n) is 38.8. The maximum absolute atomic E-state index is 15.1. The molecule has 0 spiro atoms. The van der Waals surface area contributed by atoms with E-state index in [0.717, 1.165) is 13.8 Å². The van der Waals surface area contributed by atoms with Gasteiger partial charge in [0, 0.05) is 30.2 Å². The van der Waals surface area contributed by atoms with Gasteiger partial charge in [-0.2, -0.15) is 0 Å². The number of sulfonamides is 1. The van der Waals surface area contributed by atoms with Crippen molar-refractivity contribution in [2.24, 2.45) is 17.8 Å². The van der Waals surface area contributed by atoms with Crippen LogP contribution in [-0.4, -0.2) is 109 Å². The Morgan fingerprint density at radius 1 is 1.00 bits per heavy atom. The van der Waals surface area contributed by atoms with Gasteiger partial charge in [-0.15, -0.1) is 0 Å². The van der Waals surface area contributed by atoms with Crippen molar-refractivity contribution >= 4 is 44.6 Å². The Balaban J connectivity index is 1.16. The third kappa shape index (κ3) is 9.70. The quantitative estimate of drug-likeness (QED) is 0.188. The molecule has 67 heavy (non-hydrogen) atoms. The van der Waals surface area contributed by atoms with Gasteiger partial charge in [-0.3, -0.25) is 19.1 Å². The van der Waals surface area contributed by atoms with E-state index >= 15 is 4.79 Å². The highest BCUT2D eigenvalue weighted by Crippen LogP contribution is 2.48. The van der Waals surface area contributed by atoms with Gasteiger partial charge in [0.05, 0.1) is 24.1 Å². The predicted molar refractivity (Wildman–Crippen MR) is 242 cm³/mol. The summed E-state index contributed by atoms with van der Waals surface area (Å²) in [6, 6.07) is 10.00. The van der Waals surface area contributed by atoms with Crippen molar-refractivity contribution in [2.75, 3.05) is 26.9 Å². The minimum Gasteiger partial charge on any atom is -0.497 e. The summed E-state index contributed by atoms with van der Waals surface area (Å²) in [5.41, 5.74) is -2.69. The molecule has 16 nitrogen and oxygen atoms in total. The molecule has 362 valence electrons. The lowest BCUT2D eigenvalue weighted by molar-refractivity contribution is -0.152. The predicted octanol–water partition coefficient (Wildman–Crippen LogP) is 6.44. The Morgan fingerprint density at radius 2 is 1.73 bits per heavy atom. The maximum atomic E-state index is 15.1. The molecular formula is C48H59F2N5O11S. The monoisotopic (exact) mass is 951 g/mol. The first-order chi connectivity index (χ1) is 31.5. The average Bonchev–Trinajstić information content (AvgIpc) is 4.15. The first kappa shape index (κ1) is 47.8. The third-order valence-corrected chi connectivity index (χ3v) is 16.2. The number of halogens is 2. The highest BCUT2D eigenvalue weighted by Gasteiger charge is 2.63. The number of alkyl carbamates (subject to hydrolysis) is 1. The van der Waals surface area contributed by atoms with Crippen LogP contribution in [0.2, 0.25) is 0 Å². The molecule has 1 aromatic heterocycles. The number of allylic oxidation sites excluding steroid dienone is 1. The van der Waals surface area contributed by atoms with Crippen LogP contribution in [-0.2, 0) is 29.1 Å². The molecule has 5 aliphatic rings. The number of benzene rings is 2. The zero-order valence-corrected chi connectivity index (χ0v) is 39.6. The van der Waals surface area contributed by atoms with Gasteiger partial charge in [0.1, 0.15) is 42.7 Å². The number of ether oxygens (including phenoxy) is 5. The van der Waals surface area contributed by atoms with E-state index in [4.69, 9.17) is 28.7 Å². The van der Waals surface area contributed by atoms with E-state index in [1.807, 2.05) is 43.3 Å². The van der Waals surface area contributed by atoms with Crippen LogP contribution in [0.15, 0.2) is 54.6 Å². The molecule has 0 radical (unpaired) electrons. The molecule has 3 aliphatic heterocycles. The molecular weight excluding hydrogens is 893 g/mol. The second-order valence-electron chi connectivity index (χ2n) is 19.6. The first-order valence-electron chi connectivity index (χ1n) is 22.8. The molecule has 3 N–H and O–H groups in total. The Hall–Kier alpha value is -5.72. The second-order valence-corrected chi connectivity index (χ2v) is 21.8. The van der Waals surface area contributed by atoms with Crippen molar-refractivity contribution < 1.29 is 60.1 Å². The molecule has 2 saturated carbocycles. The van der Waals surface area contributed by atoms with E-state index in [1.165, 1.54) is 4.90 Å². The Morgan fingerprint density at radius 3 is 2.43 bits per heavy atom. The number of nitrogens with zero attached hydrogens (tertiary/aromatic N) is 2. The van der Waals surface area contributed by atoms with Gasteiger partial charge >= 0.3 is 6.09 Å². The summed E-state index contributed by atoms with van der Waals surface area (Å²) in [5.74, 6) is -5.02. The number of aromatic nitrogens is 1. The number of rotatable bonds is 10. The largest absolute Gasteiger partial charge is 0.497 e. The summed E-state index contributed by atoms with van der Waals surface area (Å²) in [5, 5.41) is 6.74. The van der Waals surface area contributed by atoms with E-state index in [0.29, 0.717) is 91.5 Å². The fraction of sp³-hybridized carbons (Fsp3) is 0.562. The molecule has 8 rings (SSSR count). The second kappa shape index (κ2) is 17.7. The minimum absolute atomic E-state index is 0.00400. The fourth-order valence-electron chi connectivity index (χ4n) is 9.00. The molecule has 7 atom stereocenters. The highest BCUT2D eigenvalue weighted by atomic mass is 32.2. The zero-order chi connectivity index (χ0) is 48.3. The number of amides is 4. The molecule has 3 aromatic rings. The van der Waals surface area contributed by atoms with Gasteiger partial charge in [-0.05, 0) is 119 Å². The number of fused-ring (bicyclic) bond motifs is 4. The lowest BCUT2D eigenvalue weighted by Gasteiger charge is -2.35. The van der Waals surface area contributed by atoms with Gasteiger partial charge in [-0.25, -0.2) is 27.0 Å². The van der Waals surface area contributed by atoms with Gasteiger partial charge in [0.25, 0.3) is 11.8 Å². The Labute approximate surface area is 388 Å². The van der Waals surface area contributed by atoms with E-state index in [1.54, 1.807) is 39.2 Å². The number of hydrogen-bond acceptors (Lipinski definition) is 12. The van der Waals surface area contributed by atoms with E-state index < -0.39 is 85.7 Å². The fourth-order valence-corrected chi connectivity index (χ4v) is 10.3. The summed E-state index contributed by atoms with van der Waals surface area (Å²) in [6.07, 6.45) is 3.96. The summed E-state index contributed by atoms with van der Waals surface area (Å²) >= 11 is 0.